The van der Waals surface area contributed by atoms with E-state index in [1.54, 1.807) is 11.3 Å². The topological polar surface area (TPSA) is 42.0 Å². The molecule has 4 saturated carbocycles. The number of thiazole rings is 1. The molecule has 0 spiro atoms. The van der Waals surface area contributed by atoms with Crippen LogP contribution in [0.4, 0.5) is 5.69 Å². The van der Waals surface area contributed by atoms with Gasteiger partial charge >= 0.3 is 0 Å². The molecular weight excluding hydrogens is 364 g/mol. The second-order valence-electron chi connectivity index (χ2n) is 9.26. The molecule has 4 heteroatoms. The Balaban J connectivity index is 1.22. The molecule has 4 aliphatic rings. The van der Waals surface area contributed by atoms with E-state index in [0.29, 0.717) is 11.0 Å². The molecule has 0 unspecified atom stereocenters. The van der Waals surface area contributed by atoms with Crippen molar-refractivity contribution in [3.8, 4) is 0 Å². The van der Waals surface area contributed by atoms with E-state index in [9.17, 15) is 4.79 Å². The summed E-state index contributed by atoms with van der Waals surface area (Å²) >= 11 is 1.56. The number of nitrogens with one attached hydrogen (secondary N) is 1. The molecule has 142 valence electrons. The second kappa shape index (κ2) is 6.15. The zero-order valence-electron chi connectivity index (χ0n) is 15.9. The number of carbonyl (C=O) groups is 1. The van der Waals surface area contributed by atoms with Crippen LogP contribution in [-0.2, 0) is 5.41 Å². The van der Waals surface area contributed by atoms with Gasteiger partial charge in [-0.3, -0.25) is 4.79 Å². The summed E-state index contributed by atoms with van der Waals surface area (Å²) < 4.78 is 1.05. The Bertz CT molecular complexity index is 1020. The van der Waals surface area contributed by atoms with Crippen molar-refractivity contribution in [3.63, 3.8) is 0 Å². The van der Waals surface area contributed by atoms with Gasteiger partial charge in [-0.05, 0) is 97.6 Å². The molecule has 4 fully saturated rings. The molecule has 1 heterocycles. The molecule has 7 rings (SSSR count). The van der Waals surface area contributed by atoms with Gasteiger partial charge in [-0.1, -0.05) is 12.1 Å². The van der Waals surface area contributed by atoms with Crippen molar-refractivity contribution in [1.29, 1.82) is 0 Å². The summed E-state index contributed by atoms with van der Waals surface area (Å²) in [6.45, 7) is 0. The highest BCUT2D eigenvalue weighted by Gasteiger charge is 2.51. The first kappa shape index (κ1) is 16.7. The van der Waals surface area contributed by atoms with E-state index in [-0.39, 0.29) is 5.91 Å². The van der Waals surface area contributed by atoms with E-state index in [2.05, 4.69) is 34.6 Å². The summed E-state index contributed by atoms with van der Waals surface area (Å²) in [4.78, 5) is 16.9. The number of aromatic nitrogens is 1. The highest BCUT2D eigenvalue weighted by Crippen LogP contribution is 2.60. The minimum Gasteiger partial charge on any atom is -0.322 e. The van der Waals surface area contributed by atoms with Gasteiger partial charge in [0.15, 0.2) is 0 Å². The van der Waals surface area contributed by atoms with Gasteiger partial charge in [0, 0.05) is 11.3 Å². The molecule has 3 nitrogen and oxygen atoms in total. The SMILES string of the molecule is O=C(Nc1ccc(C23CC4CC(CC(C4)C2)C3)cc1)c1ccc2ncsc2c1. The highest BCUT2D eigenvalue weighted by atomic mass is 32.1. The van der Waals surface area contributed by atoms with Crippen LogP contribution in [0.3, 0.4) is 0 Å². The lowest BCUT2D eigenvalue weighted by molar-refractivity contribution is -0.00518. The Morgan fingerprint density at radius 2 is 1.64 bits per heavy atom. The number of nitrogens with zero attached hydrogens (tertiary/aromatic N) is 1. The van der Waals surface area contributed by atoms with Crippen LogP contribution in [0.1, 0.15) is 54.4 Å². The number of hydrogen-bond donors (Lipinski definition) is 1. The summed E-state index contributed by atoms with van der Waals surface area (Å²) in [6.07, 6.45) is 8.53. The zero-order valence-corrected chi connectivity index (χ0v) is 16.7. The van der Waals surface area contributed by atoms with Gasteiger partial charge in [-0.2, -0.15) is 0 Å². The number of fused-ring (bicyclic) bond motifs is 1. The fourth-order valence-corrected chi connectivity index (χ4v) is 7.29. The third-order valence-electron chi connectivity index (χ3n) is 7.39. The average Bonchev–Trinajstić information content (AvgIpc) is 3.15. The molecule has 0 saturated heterocycles. The van der Waals surface area contributed by atoms with Crippen molar-refractivity contribution < 1.29 is 4.79 Å². The maximum Gasteiger partial charge on any atom is 0.255 e. The Kier molecular flexibility index (Phi) is 3.67. The van der Waals surface area contributed by atoms with Gasteiger partial charge in [-0.15, -0.1) is 11.3 Å². The first-order valence-corrected chi connectivity index (χ1v) is 11.3. The number of rotatable bonds is 3. The average molecular weight is 389 g/mol. The molecule has 0 radical (unpaired) electrons. The molecule has 1 aromatic heterocycles. The van der Waals surface area contributed by atoms with E-state index >= 15 is 0 Å². The fourth-order valence-electron chi connectivity index (χ4n) is 6.57. The maximum absolute atomic E-state index is 12.7. The maximum atomic E-state index is 12.7. The minimum atomic E-state index is -0.0575. The smallest absolute Gasteiger partial charge is 0.255 e. The minimum absolute atomic E-state index is 0.0575. The van der Waals surface area contributed by atoms with E-state index in [4.69, 9.17) is 0 Å². The van der Waals surface area contributed by atoms with Crippen molar-refractivity contribution in [2.75, 3.05) is 5.32 Å². The predicted octanol–water partition coefficient (Wildman–Crippen LogP) is 6.02. The van der Waals surface area contributed by atoms with Crippen LogP contribution in [0.15, 0.2) is 48.0 Å². The van der Waals surface area contributed by atoms with E-state index in [1.807, 2.05) is 23.7 Å². The van der Waals surface area contributed by atoms with Gasteiger partial charge in [0.2, 0.25) is 0 Å². The molecule has 2 aromatic carbocycles. The van der Waals surface area contributed by atoms with Crippen molar-refractivity contribution in [2.24, 2.45) is 17.8 Å². The van der Waals surface area contributed by atoms with Crippen LogP contribution in [0.2, 0.25) is 0 Å². The first-order chi connectivity index (χ1) is 13.7. The molecule has 3 aromatic rings. The lowest BCUT2D eigenvalue weighted by Crippen LogP contribution is -2.48. The molecule has 4 bridgehead atoms. The van der Waals surface area contributed by atoms with E-state index in [1.165, 1.54) is 44.1 Å². The molecule has 1 amide bonds. The number of anilines is 1. The largest absolute Gasteiger partial charge is 0.322 e. The molecule has 4 aliphatic carbocycles. The number of benzene rings is 2. The Hall–Kier alpha value is -2.20. The number of carbonyl (C=O) groups excluding carboxylic acids is 1. The van der Waals surface area contributed by atoms with Crippen molar-refractivity contribution in [3.05, 3.63) is 59.1 Å². The summed E-state index contributed by atoms with van der Waals surface area (Å²) in [5.41, 5.74) is 6.23. The molecule has 28 heavy (non-hydrogen) atoms. The summed E-state index contributed by atoms with van der Waals surface area (Å²) in [5, 5.41) is 3.06. The predicted molar refractivity (Wildman–Crippen MR) is 114 cm³/mol. The van der Waals surface area contributed by atoms with Crippen LogP contribution in [0.5, 0.6) is 0 Å². The third-order valence-corrected chi connectivity index (χ3v) is 8.18. The summed E-state index contributed by atoms with van der Waals surface area (Å²) in [5.74, 6) is 2.80. The monoisotopic (exact) mass is 388 g/mol. The van der Waals surface area contributed by atoms with E-state index < -0.39 is 0 Å². The van der Waals surface area contributed by atoms with Crippen molar-refractivity contribution in [1.82, 2.24) is 4.98 Å². The Labute approximate surface area is 169 Å². The third kappa shape index (κ3) is 2.69. The number of hydrogen-bond acceptors (Lipinski definition) is 3. The van der Waals surface area contributed by atoms with Crippen LogP contribution in [-0.4, -0.2) is 10.9 Å². The van der Waals surface area contributed by atoms with Gasteiger partial charge in [-0.25, -0.2) is 4.98 Å². The molecule has 0 aliphatic heterocycles. The molecular formula is C24H24N2OS. The number of amides is 1. The van der Waals surface area contributed by atoms with Crippen LogP contribution >= 0.6 is 11.3 Å². The van der Waals surface area contributed by atoms with Crippen LogP contribution < -0.4 is 5.32 Å². The zero-order chi connectivity index (χ0) is 18.7. The molecule has 1 N–H and O–H groups in total. The second-order valence-corrected chi connectivity index (χ2v) is 10.2. The summed E-state index contributed by atoms with van der Waals surface area (Å²) in [6, 6.07) is 14.4. The van der Waals surface area contributed by atoms with Gasteiger partial charge in [0.1, 0.15) is 0 Å². The normalized spacial score (nSPS) is 30.6. The summed E-state index contributed by atoms with van der Waals surface area (Å²) in [7, 11) is 0. The lowest BCUT2D eigenvalue weighted by Gasteiger charge is -2.57. The van der Waals surface area contributed by atoms with Gasteiger partial charge in [0.25, 0.3) is 5.91 Å². The fraction of sp³-hybridized carbons (Fsp3) is 0.417. The Morgan fingerprint density at radius 3 is 2.32 bits per heavy atom. The van der Waals surface area contributed by atoms with Crippen LogP contribution in [0, 0.1) is 17.8 Å². The van der Waals surface area contributed by atoms with Gasteiger partial charge < -0.3 is 5.32 Å². The van der Waals surface area contributed by atoms with E-state index in [0.717, 1.165) is 33.7 Å². The quantitative estimate of drug-likeness (QED) is 0.596. The van der Waals surface area contributed by atoms with Crippen LogP contribution in [0.25, 0.3) is 10.2 Å². The van der Waals surface area contributed by atoms with Gasteiger partial charge in [0.05, 0.1) is 15.7 Å². The lowest BCUT2D eigenvalue weighted by atomic mass is 9.48. The standard InChI is InChI=1S/C24H24N2OS/c27-23(18-1-6-21-22(10-18)28-14-25-21)26-20-4-2-19(3-5-20)24-11-15-7-16(12-24)9-17(8-15)13-24/h1-6,10,14-17H,7-9,11-13H2,(H,26,27). The first-order valence-electron chi connectivity index (χ1n) is 10.4. The Morgan fingerprint density at radius 1 is 0.964 bits per heavy atom. The molecule has 0 atom stereocenters. The highest BCUT2D eigenvalue weighted by molar-refractivity contribution is 7.16. The van der Waals surface area contributed by atoms with Crippen molar-refractivity contribution in [2.45, 2.75) is 43.9 Å². The van der Waals surface area contributed by atoms with Crippen molar-refractivity contribution >= 4 is 33.1 Å².